The van der Waals surface area contributed by atoms with Crippen LogP contribution in [0.2, 0.25) is 0 Å². The molecule has 0 bridgehead atoms. The Labute approximate surface area is 137 Å². The normalized spacial score (nSPS) is 16.8. The van der Waals surface area contributed by atoms with E-state index in [4.69, 9.17) is 0 Å². The van der Waals surface area contributed by atoms with E-state index in [0.717, 1.165) is 62.4 Å². The summed E-state index contributed by atoms with van der Waals surface area (Å²) < 4.78 is 0. The molecule has 1 saturated heterocycles. The Morgan fingerprint density at radius 1 is 1.13 bits per heavy atom. The number of aliphatic hydroxyl groups excluding tert-OH is 1. The van der Waals surface area contributed by atoms with Crippen molar-refractivity contribution < 1.29 is 5.11 Å². The van der Waals surface area contributed by atoms with Gasteiger partial charge < -0.3 is 20.2 Å². The van der Waals surface area contributed by atoms with Crippen molar-refractivity contribution in [3.8, 4) is 0 Å². The molecule has 23 heavy (non-hydrogen) atoms. The molecule has 0 aliphatic carbocycles. The predicted molar refractivity (Wildman–Crippen MR) is 92.5 cm³/mol. The molecule has 0 unspecified atom stereocenters. The van der Waals surface area contributed by atoms with Crippen LogP contribution in [0.4, 0.5) is 5.82 Å². The molecule has 1 aromatic heterocycles. The maximum atomic E-state index is 9.32. The van der Waals surface area contributed by atoms with Gasteiger partial charge in [-0.15, -0.1) is 0 Å². The van der Waals surface area contributed by atoms with Crippen molar-refractivity contribution >= 4 is 16.7 Å². The number of piperazine rings is 1. The van der Waals surface area contributed by atoms with Crippen LogP contribution in [0.1, 0.15) is 12.2 Å². The molecule has 1 aromatic carbocycles. The maximum absolute atomic E-state index is 9.32. The van der Waals surface area contributed by atoms with E-state index in [1.807, 2.05) is 24.3 Å². The Bertz CT molecular complexity index is 640. The lowest BCUT2D eigenvalue weighted by molar-refractivity contribution is 0.154. The second-order valence-corrected chi connectivity index (χ2v) is 6.09. The Hall–Kier alpha value is -1.76. The van der Waals surface area contributed by atoms with Crippen LogP contribution in [0.3, 0.4) is 0 Å². The number of benzene rings is 1. The SMILES string of the molecule is CN1CCN(CCCNc2nc(CO)nc3ccccc23)CC1. The first-order valence-electron chi connectivity index (χ1n) is 8.27. The van der Waals surface area contributed by atoms with Crippen molar-refractivity contribution in [1.29, 1.82) is 0 Å². The minimum atomic E-state index is -0.138. The number of fused-ring (bicyclic) bond motifs is 1. The molecule has 1 aliphatic heterocycles. The molecule has 2 aromatic rings. The molecule has 2 heterocycles. The highest BCUT2D eigenvalue weighted by Gasteiger charge is 2.13. The third-order valence-electron chi connectivity index (χ3n) is 4.33. The first kappa shape index (κ1) is 16.1. The van der Waals surface area contributed by atoms with E-state index in [2.05, 4.69) is 32.1 Å². The molecule has 124 valence electrons. The molecular weight excluding hydrogens is 290 g/mol. The molecule has 6 nitrogen and oxygen atoms in total. The lowest BCUT2D eigenvalue weighted by Gasteiger charge is -2.32. The number of hydrogen-bond donors (Lipinski definition) is 2. The standard InChI is InChI=1S/C17H25N5O/c1-21-9-11-22(12-10-21)8-4-7-18-17-14-5-2-3-6-15(14)19-16(13-23)20-17/h2-3,5-6,23H,4,7-13H2,1H3,(H,18,19,20). The van der Waals surface area contributed by atoms with Crippen molar-refractivity contribution in [2.45, 2.75) is 13.0 Å². The molecule has 1 fully saturated rings. The first-order valence-corrected chi connectivity index (χ1v) is 8.27. The van der Waals surface area contributed by atoms with Crippen LogP contribution in [-0.2, 0) is 6.61 Å². The third-order valence-corrected chi connectivity index (χ3v) is 4.33. The fraction of sp³-hybridized carbons (Fsp3) is 0.529. The largest absolute Gasteiger partial charge is 0.388 e. The van der Waals surface area contributed by atoms with Crippen LogP contribution in [0.5, 0.6) is 0 Å². The van der Waals surface area contributed by atoms with E-state index in [1.54, 1.807) is 0 Å². The third kappa shape index (κ3) is 4.16. The summed E-state index contributed by atoms with van der Waals surface area (Å²) in [5.74, 6) is 1.28. The number of nitrogens with one attached hydrogen (secondary N) is 1. The molecular formula is C17H25N5O. The minimum Gasteiger partial charge on any atom is -0.388 e. The van der Waals surface area contributed by atoms with Crippen molar-refractivity contribution in [2.75, 3.05) is 51.6 Å². The van der Waals surface area contributed by atoms with E-state index >= 15 is 0 Å². The highest BCUT2D eigenvalue weighted by Crippen LogP contribution is 2.20. The van der Waals surface area contributed by atoms with Crippen molar-refractivity contribution in [3.05, 3.63) is 30.1 Å². The van der Waals surface area contributed by atoms with E-state index in [1.165, 1.54) is 0 Å². The quantitative estimate of drug-likeness (QED) is 0.780. The van der Waals surface area contributed by atoms with Gasteiger partial charge in [-0.05, 0) is 32.1 Å². The van der Waals surface area contributed by atoms with Crippen molar-refractivity contribution in [2.24, 2.45) is 0 Å². The average molecular weight is 315 g/mol. The Balaban J connectivity index is 1.56. The topological polar surface area (TPSA) is 64.5 Å². The number of rotatable bonds is 6. The van der Waals surface area contributed by atoms with Gasteiger partial charge in [-0.1, -0.05) is 12.1 Å². The van der Waals surface area contributed by atoms with Crippen LogP contribution in [-0.4, -0.2) is 71.2 Å². The van der Waals surface area contributed by atoms with Gasteiger partial charge >= 0.3 is 0 Å². The number of nitrogens with zero attached hydrogens (tertiary/aromatic N) is 4. The van der Waals surface area contributed by atoms with Gasteiger partial charge in [0, 0.05) is 38.1 Å². The molecule has 3 rings (SSSR count). The molecule has 6 heteroatoms. The number of aromatic nitrogens is 2. The zero-order valence-electron chi connectivity index (χ0n) is 13.7. The summed E-state index contributed by atoms with van der Waals surface area (Å²) in [4.78, 5) is 13.7. The fourth-order valence-corrected chi connectivity index (χ4v) is 2.91. The summed E-state index contributed by atoms with van der Waals surface area (Å²) in [6.45, 7) is 6.46. The lowest BCUT2D eigenvalue weighted by atomic mass is 10.2. The van der Waals surface area contributed by atoms with Gasteiger partial charge in [0.05, 0.1) is 5.52 Å². The zero-order valence-corrected chi connectivity index (χ0v) is 13.7. The van der Waals surface area contributed by atoms with Gasteiger partial charge in [-0.3, -0.25) is 0 Å². The highest BCUT2D eigenvalue weighted by atomic mass is 16.3. The molecule has 0 saturated carbocycles. The number of hydrogen-bond acceptors (Lipinski definition) is 6. The Morgan fingerprint density at radius 2 is 1.91 bits per heavy atom. The lowest BCUT2D eigenvalue weighted by Crippen LogP contribution is -2.44. The van der Waals surface area contributed by atoms with Gasteiger partial charge in [0.15, 0.2) is 5.82 Å². The van der Waals surface area contributed by atoms with Gasteiger partial charge in [0.1, 0.15) is 12.4 Å². The zero-order chi connectivity index (χ0) is 16.1. The molecule has 2 N–H and O–H groups in total. The minimum absolute atomic E-state index is 0.138. The molecule has 1 aliphatic rings. The summed E-state index contributed by atoms with van der Waals surface area (Å²) in [5, 5.41) is 13.7. The maximum Gasteiger partial charge on any atom is 0.156 e. The van der Waals surface area contributed by atoms with Crippen molar-refractivity contribution in [1.82, 2.24) is 19.8 Å². The van der Waals surface area contributed by atoms with E-state index in [-0.39, 0.29) is 6.61 Å². The average Bonchev–Trinajstić information content (AvgIpc) is 2.60. The van der Waals surface area contributed by atoms with Crippen LogP contribution >= 0.6 is 0 Å². The predicted octanol–water partition coefficient (Wildman–Crippen LogP) is 1.17. The molecule has 0 spiro atoms. The van der Waals surface area contributed by atoms with E-state index in [9.17, 15) is 5.11 Å². The van der Waals surface area contributed by atoms with Crippen molar-refractivity contribution in [3.63, 3.8) is 0 Å². The smallest absolute Gasteiger partial charge is 0.156 e. The summed E-state index contributed by atoms with van der Waals surface area (Å²) in [6, 6.07) is 7.90. The van der Waals surface area contributed by atoms with E-state index in [0.29, 0.717) is 5.82 Å². The van der Waals surface area contributed by atoms with Gasteiger partial charge in [-0.25, -0.2) is 9.97 Å². The molecule has 0 atom stereocenters. The number of aliphatic hydroxyl groups is 1. The second kappa shape index (κ2) is 7.68. The number of para-hydroxylation sites is 1. The summed E-state index contributed by atoms with van der Waals surface area (Å²) in [7, 11) is 2.18. The fourth-order valence-electron chi connectivity index (χ4n) is 2.91. The first-order chi connectivity index (χ1) is 11.3. The second-order valence-electron chi connectivity index (χ2n) is 6.09. The highest BCUT2D eigenvalue weighted by molar-refractivity contribution is 5.88. The number of likely N-dealkylation sites (N-methyl/N-ethyl adjacent to an activating group) is 1. The van der Waals surface area contributed by atoms with Gasteiger partial charge in [0.25, 0.3) is 0 Å². The molecule has 0 radical (unpaired) electrons. The van der Waals surface area contributed by atoms with Crippen LogP contribution in [0.25, 0.3) is 10.9 Å². The van der Waals surface area contributed by atoms with Gasteiger partial charge in [-0.2, -0.15) is 0 Å². The molecule has 0 amide bonds. The van der Waals surface area contributed by atoms with E-state index < -0.39 is 0 Å². The Kier molecular flexibility index (Phi) is 5.38. The number of anilines is 1. The monoisotopic (exact) mass is 315 g/mol. The van der Waals surface area contributed by atoms with Crippen LogP contribution in [0.15, 0.2) is 24.3 Å². The summed E-state index contributed by atoms with van der Waals surface area (Å²) in [5.41, 5.74) is 0.869. The Morgan fingerprint density at radius 3 is 2.70 bits per heavy atom. The summed E-state index contributed by atoms with van der Waals surface area (Å²) in [6.07, 6.45) is 1.08. The van der Waals surface area contributed by atoms with Crippen LogP contribution in [0, 0.1) is 0 Å². The summed E-state index contributed by atoms with van der Waals surface area (Å²) >= 11 is 0. The van der Waals surface area contributed by atoms with Crippen LogP contribution < -0.4 is 5.32 Å². The van der Waals surface area contributed by atoms with Gasteiger partial charge in [0.2, 0.25) is 0 Å².